The molecule has 1 heterocycles. The van der Waals surface area contributed by atoms with E-state index >= 15 is 0 Å². The maximum Gasteiger partial charge on any atom is 0.260 e. The lowest BCUT2D eigenvalue weighted by Crippen LogP contribution is -2.48. The maximum atomic E-state index is 12.2. The zero-order valence-corrected chi connectivity index (χ0v) is 12.5. The van der Waals surface area contributed by atoms with Crippen molar-refractivity contribution in [2.75, 3.05) is 46.9 Å². The lowest BCUT2D eigenvalue weighted by Gasteiger charge is -2.32. The summed E-state index contributed by atoms with van der Waals surface area (Å²) in [5.41, 5.74) is 0.612. The molecule has 0 radical (unpaired) electrons. The van der Waals surface area contributed by atoms with Crippen molar-refractivity contribution < 1.29 is 19.4 Å². The zero-order chi connectivity index (χ0) is 15.2. The molecule has 1 aliphatic rings. The summed E-state index contributed by atoms with van der Waals surface area (Å²) < 4.78 is 10.8. The number of rotatable bonds is 5. The molecule has 116 valence electrons. The number of para-hydroxylation sites is 1. The molecule has 0 saturated carbocycles. The van der Waals surface area contributed by atoms with Crippen LogP contribution in [0.2, 0.25) is 0 Å². The maximum absolute atomic E-state index is 12.2. The molecule has 0 atom stereocenters. The number of aliphatic hydroxyl groups is 1. The third-order valence-electron chi connectivity index (χ3n) is 3.65. The highest BCUT2D eigenvalue weighted by Gasteiger charge is 2.20. The first kappa shape index (κ1) is 15.6. The second-order valence-electron chi connectivity index (χ2n) is 5.08. The number of hydrogen-bond donors (Lipinski definition) is 1. The molecule has 1 N–H and O–H groups in total. The minimum Gasteiger partial charge on any atom is -0.493 e. The number of aliphatic hydroxyl groups excluding tert-OH is 1. The summed E-state index contributed by atoms with van der Waals surface area (Å²) in [5, 5.41) is 9.35. The lowest BCUT2D eigenvalue weighted by molar-refractivity contribution is -0.134. The van der Waals surface area contributed by atoms with Gasteiger partial charge >= 0.3 is 0 Å². The zero-order valence-electron chi connectivity index (χ0n) is 12.5. The van der Waals surface area contributed by atoms with Crippen molar-refractivity contribution in [3.05, 3.63) is 23.8 Å². The van der Waals surface area contributed by atoms with E-state index < -0.39 is 0 Å². The number of hydrogen-bond acceptors (Lipinski definition) is 5. The van der Waals surface area contributed by atoms with E-state index in [1.165, 1.54) is 7.11 Å². The Morgan fingerprint density at radius 2 is 2.00 bits per heavy atom. The third kappa shape index (κ3) is 3.86. The van der Waals surface area contributed by atoms with Gasteiger partial charge in [0.05, 0.1) is 13.7 Å². The number of carbonyl (C=O) groups is 1. The number of likely N-dealkylation sites (N-methyl/N-ethyl adjacent to an activating group) is 1. The number of amides is 1. The molecule has 1 amide bonds. The molecule has 0 spiro atoms. The summed E-state index contributed by atoms with van der Waals surface area (Å²) in [6, 6.07) is 5.27. The van der Waals surface area contributed by atoms with Crippen LogP contribution in [0.1, 0.15) is 5.56 Å². The first-order valence-corrected chi connectivity index (χ1v) is 7.01. The predicted octanol–water partition coefficient (Wildman–Crippen LogP) is 0.340. The van der Waals surface area contributed by atoms with Crippen LogP contribution in [-0.4, -0.2) is 67.8 Å². The van der Waals surface area contributed by atoms with Gasteiger partial charge in [-0.15, -0.1) is 0 Å². The Hall–Kier alpha value is -1.79. The van der Waals surface area contributed by atoms with E-state index in [1.807, 2.05) is 7.05 Å². The van der Waals surface area contributed by atoms with Crippen molar-refractivity contribution in [3.8, 4) is 11.5 Å². The number of ether oxygens (including phenoxy) is 2. The molecule has 2 rings (SSSR count). The topological polar surface area (TPSA) is 62.2 Å². The summed E-state index contributed by atoms with van der Waals surface area (Å²) in [7, 11) is 3.58. The fraction of sp³-hybridized carbons (Fsp3) is 0.533. The first-order chi connectivity index (χ1) is 10.2. The Bertz CT molecular complexity index is 462. The van der Waals surface area contributed by atoms with Gasteiger partial charge < -0.3 is 24.4 Å². The normalized spacial score (nSPS) is 15.9. The standard InChI is InChI=1S/C15H22N2O4/c1-16-6-8-17(9-7-16)14(19)11-21-15-12(10-18)4-3-5-13(15)20-2/h3-5,18H,6-11H2,1-2H3. The van der Waals surface area contributed by atoms with E-state index in [1.54, 1.807) is 23.1 Å². The molecule has 6 heteroatoms. The van der Waals surface area contributed by atoms with Crippen molar-refractivity contribution >= 4 is 5.91 Å². The molecule has 6 nitrogen and oxygen atoms in total. The molecule has 0 bridgehead atoms. The molecule has 1 aromatic carbocycles. The Labute approximate surface area is 124 Å². The largest absolute Gasteiger partial charge is 0.493 e. The Kier molecular flexibility index (Phi) is 5.41. The van der Waals surface area contributed by atoms with Crippen molar-refractivity contribution in [2.24, 2.45) is 0 Å². The van der Waals surface area contributed by atoms with Crippen LogP contribution in [0.3, 0.4) is 0 Å². The Morgan fingerprint density at radius 1 is 1.29 bits per heavy atom. The van der Waals surface area contributed by atoms with E-state index in [-0.39, 0.29) is 19.1 Å². The van der Waals surface area contributed by atoms with Gasteiger partial charge in [-0.05, 0) is 13.1 Å². The summed E-state index contributed by atoms with van der Waals surface area (Å²) in [6.07, 6.45) is 0. The minimum atomic E-state index is -0.158. The highest BCUT2D eigenvalue weighted by molar-refractivity contribution is 5.78. The Balaban J connectivity index is 1.98. The Morgan fingerprint density at radius 3 is 2.62 bits per heavy atom. The molecule has 0 aromatic heterocycles. The number of carbonyl (C=O) groups excluding carboxylic acids is 1. The van der Waals surface area contributed by atoms with Gasteiger partial charge in [0.15, 0.2) is 18.1 Å². The average Bonchev–Trinajstić information content (AvgIpc) is 2.52. The third-order valence-corrected chi connectivity index (χ3v) is 3.65. The van der Waals surface area contributed by atoms with E-state index in [0.717, 1.165) is 26.2 Å². The highest BCUT2D eigenvalue weighted by atomic mass is 16.5. The predicted molar refractivity (Wildman–Crippen MR) is 78.5 cm³/mol. The molecule has 0 aliphatic carbocycles. The number of methoxy groups -OCH3 is 1. The average molecular weight is 294 g/mol. The molecule has 1 aromatic rings. The van der Waals surface area contributed by atoms with Gasteiger partial charge in [0, 0.05) is 31.7 Å². The highest BCUT2D eigenvalue weighted by Crippen LogP contribution is 2.31. The monoisotopic (exact) mass is 294 g/mol. The second kappa shape index (κ2) is 7.28. The van der Waals surface area contributed by atoms with Crippen molar-refractivity contribution in [1.82, 2.24) is 9.80 Å². The number of nitrogens with zero attached hydrogens (tertiary/aromatic N) is 2. The summed E-state index contributed by atoms with van der Waals surface area (Å²) >= 11 is 0. The molecular weight excluding hydrogens is 272 g/mol. The number of piperazine rings is 1. The smallest absolute Gasteiger partial charge is 0.260 e. The van der Waals surface area contributed by atoms with Gasteiger partial charge in [0.2, 0.25) is 0 Å². The van der Waals surface area contributed by atoms with Crippen LogP contribution in [0.15, 0.2) is 18.2 Å². The fourth-order valence-electron chi connectivity index (χ4n) is 2.29. The van der Waals surface area contributed by atoms with Gasteiger partial charge in [-0.2, -0.15) is 0 Å². The molecular formula is C15H22N2O4. The first-order valence-electron chi connectivity index (χ1n) is 7.01. The van der Waals surface area contributed by atoms with Crippen LogP contribution < -0.4 is 9.47 Å². The summed E-state index contributed by atoms with van der Waals surface area (Å²) in [4.78, 5) is 16.1. The minimum absolute atomic E-state index is 0.0436. The van der Waals surface area contributed by atoms with Gasteiger partial charge in [0.1, 0.15) is 0 Å². The fourth-order valence-corrected chi connectivity index (χ4v) is 2.29. The molecule has 1 fully saturated rings. The van der Waals surface area contributed by atoms with Crippen LogP contribution in [0.5, 0.6) is 11.5 Å². The van der Waals surface area contributed by atoms with Crippen LogP contribution in [-0.2, 0) is 11.4 Å². The van der Waals surface area contributed by atoms with E-state index in [9.17, 15) is 9.90 Å². The van der Waals surface area contributed by atoms with Crippen molar-refractivity contribution in [1.29, 1.82) is 0 Å². The van der Waals surface area contributed by atoms with Gasteiger partial charge in [-0.3, -0.25) is 4.79 Å². The van der Waals surface area contributed by atoms with Crippen molar-refractivity contribution in [3.63, 3.8) is 0 Å². The quantitative estimate of drug-likeness (QED) is 0.848. The van der Waals surface area contributed by atoms with Crippen LogP contribution in [0, 0.1) is 0 Å². The van der Waals surface area contributed by atoms with Crippen LogP contribution >= 0.6 is 0 Å². The SMILES string of the molecule is COc1cccc(CO)c1OCC(=O)N1CCN(C)CC1. The van der Waals surface area contributed by atoms with Gasteiger partial charge in [0.25, 0.3) is 5.91 Å². The van der Waals surface area contributed by atoms with Gasteiger partial charge in [-0.1, -0.05) is 12.1 Å². The van der Waals surface area contributed by atoms with Crippen LogP contribution in [0.25, 0.3) is 0 Å². The number of benzene rings is 1. The second-order valence-corrected chi connectivity index (χ2v) is 5.08. The van der Waals surface area contributed by atoms with Gasteiger partial charge in [-0.25, -0.2) is 0 Å². The van der Waals surface area contributed by atoms with E-state index in [0.29, 0.717) is 17.1 Å². The van der Waals surface area contributed by atoms with E-state index in [4.69, 9.17) is 9.47 Å². The van der Waals surface area contributed by atoms with E-state index in [2.05, 4.69) is 4.90 Å². The lowest BCUT2D eigenvalue weighted by atomic mass is 10.2. The molecule has 1 aliphatic heterocycles. The van der Waals surface area contributed by atoms with Crippen molar-refractivity contribution in [2.45, 2.75) is 6.61 Å². The molecule has 1 saturated heterocycles. The molecule has 0 unspecified atom stereocenters. The summed E-state index contributed by atoms with van der Waals surface area (Å²) in [5.74, 6) is 0.913. The van der Waals surface area contributed by atoms with Crippen LogP contribution in [0.4, 0.5) is 0 Å². The summed E-state index contributed by atoms with van der Waals surface area (Å²) in [6.45, 7) is 2.99. The molecule has 21 heavy (non-hydrogen) atoms.